The van der Waals surface area contributed by atoms with Gasteiger partial charge in [-0.25, -0.2) is 22.0 Å². The molecule has 3 aromatic rings. The second kappa shape index (κ2) is 10.3. The van der Waals surface area contributed by atoms with E-state index in [0.29, 0.717) is 0 Å². The maximum absolute atomic E-state index is 14.3. The largest absolute Gasteiger partial charge is 0.493 e. The van der Waals surface area contributed by atoms with Crippen molar-refractivity contribution < 1.29 is 41.1 Å². The summed E-state index contributed by atoms with van der Waals surface area (Å²) < 4.78 is 80.4. The molecule has 196 valence electrons. The van der Waals surface area contributed by atoms with E-state index in [-0.39, 0.29) is 34.4 Å². The maximum Gasteiger partial charge on any atom is 0.280 e. The number of hydrazone groups is 1. The molecule has 38 heavy (non-hydrogen) atoms. The third kappa shape index (κ3) is 4.65. The first-order chi connectivity index (χ1) is 18.0. The quantitative estimate of drug-likeness (QED) is 0.0973. The monoisotopic (exact) mass is 533 g/mol. The van der Waals surface area contributed by atoms with Crippen molar-refractivity contribution in [3.8, 4) is 11.5 Å². The molecule has 0 spiro atoms. The van der Waals surface area contributed by atoms with Gasteiger partial charge in [-0.2, -0.15) is 10.1 Å². The summed E-state index contributed by atoms with van der Waals surface area (Å²) in [5.74, 6) is -12.6. The molecular weight excluding hydrogens is 517 g/mol. The molecule has 0 saturated heterocycles. The highest BCUT2D eigenvalue weighted by molar-refractivity contribution is 6.32. The Morgan fingerprint density at radius 2 is 1.58 bits per heavy atom. The van der Waals surface area contributed by atoms with Crippen LogP contribution in [0.25, 0.3) is 6.08 Å². The SMILES string of the molecule is COc1cc(/C=C2/C(=O)N(c3c(F)c(F)c(F)c(F)c3F)N=C2C)c([N+](=O)[O-])cc1OCc1ccccc1. The van der Waals surface area contributed by atoms with Gasteiger partial charge in [0.2, 0.25) is 5.82 Å². The summed E-state index contributed by atoms with van der Waals surface area (Å²) in [6.45, 7) is 1.28. The van der Waals surface area contributed by atoms with Gasteiger partial charge in [0.05, 0.1) is 34.9 Å². The molecule has 1 amide bonds. The Labute approximate surface area is 211 Å². The van der Waals surface area contributed by atoms with Gasteiger partial charge >= 0.3 is 0 Å². The van der Waals surface area contributed by atoms with Crippen LogP contribution < -0.4 is 14.5 Å². The zero-order chi connectivity index (χ0) is 27.7. The summed E-state index contributed by atoms with van der Waals surface area (Å²) in [6.07, 6.45) is 0.995. The molecule has 0 aromatic heterocycles. The fourth-order valence-corrected chi connectivity index (χ4v) is 3.62. The number of carbonyl (C=O) groups excluding carboxylic acids is 1. The number of anilines is 1. The first kappa shape index (κ1) is 26.3. The Hall–Kier alpha value is -4.81. The van der Waals surface area contributed by atoms with Crippen LogP contribution in [0, 0.1) is 39.2 Å². The Bertz CT molecular complexity index is 1500. The number of nitro benzene ring substituents is 1. The van der Waals surface area contributed by atoms with Gasteiger partial charge in [0.25, 0.3) is 11.6 Å². The highest BCUT2D eigenvalue weighted by atomic mass is 19.2. The summed E-state index contributed by atoms with van der Waals surface area (Å²) in [5, 5.41) is 15.4. The summed E-state index contributed by atoms with van der Waals surface area (Å²) in [7, 11) is 1.28. The van der Waals surface area contributed by atoms with E-state index in [9.17, 15) is 36.9 Å². The molecule has 13 heteroatoms. The number of nitrogens with zero attached hydrogens (tertiary/aromatic N) is 3. The van der Waals surface area contributed by atoms with Gasteiger partial charge in [0, 0.05) is 0 Å². The predicted octanol–water partition coefficient (Wildman–Crippen LogP) is 5.68. The van der Waals surface area contributed by atoms with Gasteiger partial charge in [0.1, 0.15) is 12.3 Å². The van der Waals surface area contributed by atoms with Gasteiger partial charge in [-0.3, -0.25) is 14.9 Å². The minimum Gasteiger partial charge on any atom is -0.493 e. The van der Waals surface area contributed by atoms with Crippen LogP contribution in [0.15, 0.2) is 53.1 Å². The van der Waals surface area contributed by atoms with Gasteiger partial charge in [-0.15, -0.1) is 0 Å². The highest BCUT2D eigenvalue weighted by Gasteiger charge is 2.37. The number of carbonyl (C=O) groups is 1. The number of rotatable bonds is 7. The third-order valence-corrected chi connectivity index (χ3v) is 5.51. The molecule has 0 saturated carbocycles. The van der Waals surface area contributed by atoms with Crippen LogP contribution in [0.3, 0.4) is 0 Å². The van der Waals surface area contributed by atoms with E-state index in [1.807, 2.05) is 0 Å². The number of hydrogen-bond acceptors (Lipinski definition) is 6. The predicted molar refractivity (Wildman–Crippen MR) is 125 cm³/mol. The molecule has 3 aromatic carbocycles. The molecule has 0 atom stereocenters. The molecule has 1 aliphatic rings. The van der Waals surface area contributed by atoms with Crippen LogP contribution in [0.5, 0.6) is 11.5 Å². The van der Waals surface area contributed by atoms with Crippen molar-refractivity contribution in [1.82, 2.24) is 0 Å². The lowest BCUT2D eigenvalue weighted by Gasteiger charge is -2.15. The van der Waals surface area contributed by atoms with E-state index in [0.717, 1.165) is 17.7 Å². The molecule has 1 aliphatic heterocycles. The van der Waals surface area contributed by atoms with Crippen LogP contribution in [-0.2, 0) is 11.4 Å². The normalized spacial score (nSPS) is 14.2. The van der Waals surface area contributed by atoms with E-state index in [4.69, 9.17) is 9.47 Å². The van der Waals surface area contributed by atoms with Crippen LogP contribution >= 0.6 is 0 Å². The number of hydrogen-bond donors (Lipinski definition) is 0. The Kier molecular flexibility index (Phi) is 7.10. The Morgan fingerprint density at radius 3 is 2.16 bits per heavy atom. The van der Waals surface area contributed by atoms with Gasteiger partial charge in [-0.05, 0) is 24.6 Å². The van der Waals surface area contributed by atoms with E-state index < -0.39 is 56.9 Å². The first-order valence-electron chi connectivity index (χ1n) is 10.7. The summed E-state index contributed by atoms with van der Waals surface area (Å²) in [4.78, 5) is 24.0. The minimum atomic E-state index is -2.40. The van der Waals surface area contributed by atoms with Crippen molar-refractivity contribution in [3.05, 3.63) is 98.4 Å². The molecule has 0 unspecified atom stereocenters. The van der Waals surface area contributed by atoms with Crippen molar-refractivity contribution in [2.24, 2.45) is 5.10 Å². The fourth-order valence-electron chi connectivity index (χ4n) is 3.62. The molecule has 0 radical (unpaired) electrons. The zero-order valence-electron chi connectivity index (χ0n) is 19.6. The lowest BCUT2D eigenvalue weighted by Crippen LogP contribution is -2.25. The van der Waals surface area contributed by atoms with Crippen molar-refractivity contribution in [2.45, 2.75) is 13.5 Å². The number of amides is 1. The highest BCUT2D eigenvalue weighted by Crippen LogP contribution is 2.38. The van der Waals surface area contributed by atoms with Crippen LogP contribution in [0.1, 0.15) is 18.1 Å². The summed E-state index contributed by atoms with van der Waals surface area (Å²) in [5.41, 5.74) is -2.08. The molecule has 0 aliphatic carbocycles. The average molecular weight is 533 g/mol. The van der Waals surface area contributed by atoms with Gasteiger partial charge in [-0.1, -0.05) is 30.3 Å². The van der Waals surface area contributed by atoms with Crippen molar-refractivity contribution in [3.63, 3.8) is 0 Å². The number of nitro groups is 1. The average Bonchev–Trinajstić information content (AvgIpc) is 3.18. The van der Waals surface area contributed by atoms with Crippen molar-refractivity contribution >= 4 is 29.1 Å². The molecule has 0 fully saturated rings. The maximum atomic E-state index is 14.3. The second-order valence-electron chi connectivity index (χ2n) is 7.87. The van der Waals surface area contributed by atoms with Crippen LogP contribution in [-0.4, -0.2) is 23.7 Å². The number of methoxy groups -OCH3 is 1. The van der Waals surface area contributed by atoms with E-state index in [2.05, 4.69) is 5.10 Å². The lowest BCUT2D eigenvalue weighted by atomic mass is 10.0. The minimum absolute atomic E-state index is 0.0117. The summed E-state index contributed by atoms with van der Waals surface area (Å²) in [6, 6.07) is 11.2. The zero-order valence-corrected chi connectivity index (χ0v) is 19.6. The van der Waals surface area contributed by atoms with Crippen LogP contribution in [0.4, 0.5) is 33.3 Å². The van der Waals surface area contributed by atoms with Gasteiger partial charge in [0.15, 0.2) is 34.8 Å². The lowest BCUT2D eigenvalue weighted by molar-refractivity contribution is -0.385. The van der Waals surface area contributed by atoms with E-state index >= 15 is 0 Å². The molecule has 4 rings (SSSR count). The molecule has 8 nitrogen and oxygen atoms in total. The first-order valence-corrected chi connectivity index (χ1v) is 10.7. The second-order valence-corrected chi connectivity index (χ2v) is 7.87. The fraction of sp³-hybridized carbons (Fsp3) is 0.120. The third-order valence-electron chi connectivity index (χ3n) is 5.51. The molecule has 1 heterocycles. The van der Waals surface area contributed by atoms with E-state index in [1.54, 1.807) is 30.3 Å². The van der Waals surface area contributed by atoms with E-state index in [1.165, 1.54) is 20.1 Å². The van der Waals surface area contributed by atoms with Crippen LogP contribution in [0.2, 0.25) is 0 Å². The summed E-state index contributed by atoms with van der Waals surface area (Å²) >= 11 is 0. The van der Waals surface area contributed by atoms with Gasteiger partial charge < -0.3 is 9.47 Å². The number of ether oxygens (including phenoxy) is 2. The number of benzene rings is 3. The Balaban J connectivity index is 1.74. The topological polar surface area (TPSA) is 94.3 Å². The Morgan fingerprint density at radius 1 is 0.974 bits per heavy atom. The molecule has 0 bridgehead atoms. The van der Waals surface area contributed by atoms with Crippen molar-refractivity contribution in [2.75, 3.05) is 12.1 Å². The standard InChI is InChI=1S/C25H16F5N3O5/c1-12-15(25(34)32(31-12)24-22(29)20(27)19(26)21(28)23(24)30)8-14-9-17(37-2)18(10-16(14)33(35)36)38-11-13-6-4-3-5-7-13/h3-10H,11H2,1-2H3/b15-8+. The molecular formula is C25H16F5N3O5. The molecule has 0 N–H and O–H groups in total. The smallest absolute Gasteiger partial charge is 0.280 e. The number of halogens is 5. The van der Waals surface area contributed by atoms with Crippen molar-refractivity contribution in [1.29, 1.82) is 0 Å².